The number of carbonyl (C=O) groups excluding carboxylic acids is 2. The van der Waals surface area contributed by atoms with E-state index in [0.717, 1.165) is 11.3 Å². The van der Waals surface area contributed by atoms with Crippen molar-refractivity contribution in [3.8, 4) is 0 Å². The Morgan fingerprint density at radius 2 is 1.91 bits per heavy atom. The van der Waals surface area contributed by atoms with Crippen molar-refractivity contribution in [3.05, 3.63) is 17.0 Å². The van der Waals surface area contributed by atoms with Gasteiger partial charge in [-0.3, -0.25) is 4.79 Å². The molecule has 1 aromatic heterocycles. The predicted octanol–water partition coefficient (Wildman–Crippen LogP) is 1.44. The van der Waals surface area contributed by atoms with E-state index < -0.39 is 5.54 Å². The predicted molar refractivity (Wildman–Crippen MR) is 86.1 cm³/mol. The van der Waals surface area contributed by atoms with Gasteiger partial charge in [-0.05, 0) is 27.7 Å². The highest BCUT2D eigenvalue weighted by molar-refractivity contribution is 5.81. The van der Waals surface area contributed by atoms with E-state index in [0.29, 0.717) is 25.4 Å². The molecule has 1 aromatic rings. The second-order valence-corrected chi connectivity index (χ2v) is 6.94. The van der Waals surface area contributed by atoms with Crippen LogP contribution >= 0.6 is 0 Å². The minimum Gasteiger partial charge on any atom is -0.361 e. The highest BCUT2D eigenvalue weighted by Gasteiger charge is 2.38. The molecule has 0 radical (unpaired) electrons. The maximum atomic E-state index is 12.7. The molecule has 7 nitrogen and oxygen atoms in total. The number of hydrogen-bond acceptors (Lipinski definition) is 4. The van der Waals surface area contributed by atoms with E-state index in [1.165, 1.54) is 0 Å². The third-order valence-electron chi connectivity index (χ3n) is 4.37. The van der Waals surface area contributed by atoms with Gasteiger partial charge in [0.05, 0.1) is 17.7 Å². The van der Waals surface area contributed by atoms with Crippen molar-refractivity contribution in [3.63, 3.8) is 0 Å². The number of urea groups is 1. The van der Waals surface area contributed by atoms with E-state index >= 15 is 0 Å². The fraction of sp³-hybridized carbons (Fsp3) is 0.688. The molecule has 0 unspecified atom stereocenters. The van der Waals surface area contributed by atoms with Crippen molar-refractivity contribution < 1.29 is 14.1 Å². The largest absolute Gasteiger partial charge is 0.361 e. The first-order valence-corrected chi connectivity index (χ1v) is 7.82. The van der Waals surface area contributed by atoms with Gasteiger partial charge in [0.1, 0.15) is 5.76 Å². The van der Waals surface area contributed by atoms with Crippen LogP contribution in [0.4, 0.5) is 4.79 Å². The lowest BCUT2D eigenvalue weighted by molar-refractivity contribution is -0.139. The van der Waals surface area contributed by atoms with Crippen LogP contribution < -0.4 is 0 Å². The van der Waals surface area contributed by atoms with E-state index in [-0.39, 0.29) is 18.4 Å². The first-order chi connectivity index (χ1) is 10.6. The number of amides is 3. The molecule has 3 amide bonds. The second kappa shape index (κ2) is 6.22. The fourth-order valence-electron chi connectivity index (χ4n) is 3.06. The molecule has 0 N–H and O–H groups in total. The minimum atomic E-state index is -0.403. The average Bonchev–Trinajstić information content (AvgIpc) is 2.76. The summed E-state index contributed by atoms with van der Waals surface area (Å²) >= 11 is 0. The van der Waals surface area contributed by atoms with Gasteiger partial charge in [0.15, 0.2) is 0 Å². The summed E-state index contributed by atoms with van der Waals surface area (Å²) in [5.74, 6) is 0.733. The lowest BCUT2D eigenvalue weighted by atomic mass is 9.97. The molecule has 1 aliphatic rings. The third-order valence-corrected chi connectivity index (χ3v) is 4.37. The van der Waals surface area contributed by atoms with Crippen LogP contribution in [0.1, 0.15) is 30.9 Å². The molecule has 1 saturated heterocycles. The normalized spacial score (nSPS) is 17.3. The van der Waals surface area contributed by atoms with Crippen LogP contribution in [0.25, 0.3) is 0 Å². The molecule has 1 fully saturated rings. The maximum Gasteiger partial charge on any atom is 0.319 e. The average molecular weight is 322 g/mol. The minimum absolute atomic E-state index is 0.0177. The molecule has 0 aliphatic carbocycles. The quantitative estimate of drug-likeness (QED) is 0.826. The van der Waals surface area contributed by atoms with E-state index in [2.05, 4.69) is 5.16 Å². The molecule has 7 heteroatoms. The van der Waals surface area contributed by atoms with Crippen molar-refractivity contribution in [1.29, 1.82) is 0 Å². The second-order valence-electron chi connectivity index (χ2n) is 6.94. The summed E-state index contributed by atoms with van der Waals surface area (Å²) in [6.07, 6.45) is 0.284. The van der Waals surface area contributed by atoms with Gasteiger partial charge in [-0.1, -0.05) is 5.16 Å². The van der Waals surface area contributed by atoms with Gasteiger partial charge in [-0.2, -0.15) is 0 Å². The molecule has 128 valence electrons. The maximum absolute atomic E-state index is 12.7. The Balaban J connectivity index is 2.09. The summed E-state index contributed by atoms with van der Waals surface area (Å²) in [6, 6.07) is -0.0177. The van der Waals surface area contributed by atoms with Crippen molar-refractivity contribution in [2.75, 3.05) is 33.7 Å². The molecule has 0 atom stereocenters. The van der Waals surface area contributed by atoms with E-state index in [1.54, 1.807) is 23.9 Å². The summed E-state index contributed by atoms with van der Waals surface area (Å²) in [5.41, 5.74) is 1.22. The summed E-state index contributed by atoms with van der Waals surface area (Å²) in [5, 5.41) is 3.90. The van der Waals surface area contributed by atoms with Gasteiger partial charge < -0.3 is 19.2 Å². The van der Waals surface area contributed by atoms with Gasteiger partial charge in [0.2, 0.25) is 5.91 Å². The van der Waals surface area contributed by atoms with Crippen LogP contribution in [0.2, 0.25) is 0 Å². The van der Waals surface area contributed by atoms with Gasteiger partial charge in [0.25, 0.3) is 0 Å². The summed E-state index contributed by atoms with van der Waals surface area (Å²) in [4.78, 5) is 30.1. The Kier molecular flexibility index (Phi) is 4.68. The lowest BCUT2D eigenvalue weighted by Crippen LogP contribution is -2.63. The Morgan fingerprint density at radius 3 is 2.39 bits per heavy atom. The highest BCUT2D eigenvalue weighted by atomic mass is 16.5. The van der Waals surface area contributed by atoms with Crippen molar-refractivity contribution in [2.24, 2.45) is 0 Å². The molecule has 0 spiro atoms. The Morgan fingerprint density at radius 1 is 1.26 bits per heavy atom. The summed E-state index contributed by atoms with van der Waals surface area (Å²) < 4.78 is 5.13. The van der Waals surface area contributed by atoms with Crippen molar-refractivity contribution in [1.82, 2.24) is 19.9 Å². The Bertz CT molecular complexity index is 587. The van der Waals surface area contributed by atoms with E-state index in [9.17, 15) is 9.59 Å². The van der Waals surface area contributed by atoms with Gasteiger partial charge in [0, 0.05) is 39.3 Å². The number of hydrogen-bond donors (Lipinski definition) is 0. The lowest BCUT2D eigenvalue weighted by Gasteiger charge is -2.47. The van der Waals surface area contributed by atoms with Crippen LogP contribution in [-0.4, -0.2) is 71.1 Å². The summed E-state index contributed by atoms with van der Waals surface area (Å²) in [6.45, 7) is 9.26. The molecule has 23 heavy (non-hydrogen) atoms. The van der Waals surface area contributed by atoms with Gasteiger partial charge in [-0.25, -0.2) is 4.79 Å². The van der Waals surface area contributed by atoms with Crippen molar-refractivity contribution in [2.45, 2.75) is 39.7 Å². The number of aryl methyl sites for hydroxylation is 2. The number of carbonyl (C=O) groups is 2. The van der Waals surface area contributed by atoms with Crippen molar-refractivity contribution >= 4 is 11.9 Å². The number of aromatic nitrogens is 1. The zero-order valence-corrected chi connectivity index (χ0v) is 14.8. The standard InChI is InChI=1S/C16H26N4O3/c1-11-13(12(2)23-17-11)9-14(21)20-8-7-19(10-16(20,3)4)15(22)18(5)6/h7-10H2,1-6H3. The molecular weight excluding hydrogens is 296 g/mol. The Hall–Kier alpha value is -2.05. The first kappa shape index (κ1) is 17.3. The SMILES string of the molecule is Cc1noc(C)c1CC(=O)N1CCN(C(=O)N(C)C)CC1(C)C. The van der Waals surface area contributed by atoms with Gasteiger partial charge in [-0.15, -0.1) is 0 Å². The smallest absolute Gasteiger partial charge is 0.319 e. The van der Waals surface area contributed by atoms with Crippen LogP contribution in [0.15, 0.2) is 4.52 Å². The van der Waals surface area contributed by atoms with Crippen LogP contribution in [0, 0.1) is 13.8 Å². The third kappa shape index (κ3) is 3.48. The topological polar surface area (TPSA) is 69.9 Å². The first-order valence-electron chi connectivity index (χ1n) is 7.82. The molecule has 2 rings (SSSR count). The van der Waals surface area contributed by atoms with E-state index in [1.807, 2.05) is 32.6 Å². The zero-order chi connectivity index (χ0) is 17.4. The zero-order valence-electron chi connectivity index (χ0n) is 14.8. The molecule has 0 saturated carbocycles. The Labute approximate surface area is 137 Å². The number of rotatable bonds is 2. The molecular formula is C16H26N4O3. The van der Waals surface area contributed by atoms with Gasteiger partial charge >= 0.3 is 6.03 Å². The molecule has 1 aliphatic heterocycles. The van der Waals surface area contributed by atoms with Crippen LogP contribution in [0.3, 0.4) is 0 Å². The number of piperazine rings is 1. The highest BCUT2D eigenvalue weighted by Crippen LogP contribution is 2.24. The molecule has 2 heterocycles. The summed E-state index contributed by atoms with van der Waals surface area (Å²) in [7, 11) is 3.48. The van der Waals surface area contributed by atoms with Crippen LogP contribution in [0.5, 0.6) is 0 Å². The molecule has 0 bridgehead atoms. The van der Waals surface area contributed by atoms with E-state index in [4.69, 9.17) is 4.52 Å². The van der Waals surface area contributed by atoms with Crippen LogP contribution in [-0.2, 0) is 11.2 Å². The fourth-order valence-corrected chi connectivity index (χ4v) is 3.06. The number of nitrogens with zero attached hydrogens (tertiary/aromatic N) is 4. The monoisotopic (exact) mass is 322 g/mol. The molecule has 0 aromatic carbocycles.